The number of amides is 1. The molecule has 5 rings (SSSR count). The SMILES string of the molecule is CC(F)(F)c1ccc(CN2C(=O)C3=C(CCN(Cc4cccc(F)c4)C3)N3CCN=C23)cc1. The van der Waals surface area contributed by atoms with Crippen molar-refractivity contribution in [2.75, 3.05) is 26.2 Å². The van der Waals surface area contributed by atoms with Gasteiger partial charge in [0.25, 0.3) is 11.8 Å². The molecule has 0 fully saturated rings. The molecule has 0 unspecified atom stereocenters. The van der Waals surface area contributed by atoms with Gasteiger partial charge in [-0.1, -0.05) is 36.4 Å². The second kappa shape index (κ2) is 8.33. The van der Waals surface area contributed by atoms with Gasteiger partial charge in [-0.3, -0.25) is 19.6 Å². The van der Waals surface area contributed by atoms with E-state index in [4.69, 9.17) is 0 Å². The van der Waals surface area contributed by atoms with E-state index in [2.05, 4.69) is 14.8 Å². The zero-order valence-corrected chi connectivity index (χ0v) is 18.4. The monoisotopic (exact) mass is 454 g/mol. The second-order valence-corrected chi connectivity index (χ2v) is 8.83. The first-order valence-corrected chi connectivity index (χ1v) is 11.1. The van der Waals surface area contributed by atoms with Crippen LogP contribution in [0.25, 0.3) is 0 Å². The van der Waals surface area contributed by atoms with Crippen molar-refractivity contribution in [2.24, 2.45) is 4.99 Å². The predicted molar refractivity (Wildman–Crippen MR) is 119 cm³/mol. The molecule has 1 amide bonds. The number of aliphatic imine (C=N–C) groups is 1. The minimum atomic E-state index is -2.90. The van der Waals surface area contributed by atoms with Crippen LogP contribution < -0.4 is 0 Å². The number of fused-ring (bicyclic) bond motifs is 2. The number of carbonyl (C=O) groups is 1. The molecule has 0 bridgehead atoms. The molecule has 0 radical (unpaired) electrons. The van der Waals surface area contributed by atoms with E-state index in [0.29, 0.717) is 25.6 Å². The van der Waals surface area contributed by atoms with Gasteiger partial charge in [0.2, 0.25) is 5.96 Å². The maximum Gasteiger partial charge on any atom is 0.270 e. The topological polar surface area (TPSA) is 39.2 Å². The molecule has 0 saturated heterocycles. The van der Waals surface area contributed by atoms with E-state index in [9.17, 15) is 18.0 Å². The Labute approximate surface area is 190 Å². The van der Waals surface area contributed by atoms with E-state index in [1.165, 1.54) is 24.3 Å². The molecule has 3 heterocycles. The van der Waals surface area contributed by atoms with Crippen molar-refractivity contribution in [1.82, 2.24) is 14.7 Å². The summed E-state index contributed by atoms with van der Waals surface area (Å²) >= 11 is 0. The quantitative estimate of drug-likeness (QED) is 0.683. The summed E-state index contributed by atoms with van der Waals surface area (Å²) in [5.74, 6) is -2.63. The fourth-order valence-electron chi connectivity index (χ4n) is 4.73. The summed E-state index contributed by atoms with van der Waals surface area (Å²) in [6, 6.07) is 12.6. The van der Waals surface area contributed by atoms with Crippen molar-refractivity contribution in [2.45, 2.75) is 32.4 Å². The number of nitrogens with zero attached hydrogens (tertiary/aromatic N) is 4. The van der Waals surface area contributed by atoms with Gasteiger partial charge in [-0.2, -0.15) is 0 Å². The molecule has 0 aliphatic carbocycles. The van der Waals surface area contributed by atoms with Gasteiger partial charge >= 0.3 is 0 Å². The Morgan fingerprint density at radius 3 is 2.55 bits per heavy atom. The Hall–Kier alpha value is -3.13. The Bertz CT molecular complexity index is 1140. The average molecular weight is 454 g/mol. The van der Waals surface area contributed by atoms with Gasteiger partial charge < -0.3 is 4.90 Å². The molecule has 0 N–H and O–H groups in total. The summed E-state index contributed by atoms with van der Waals surface area (Å²) in [5.41, 5.74) is 3.33. The molecule has 3 aliphatic rings. The van der Waals surface area contributed by atoms with Crippen LogP contribution in [0.15, 0.2) is 64.8 Å². The Kier molecular flexibility index (Phi) is 5.48. The molecular weight excluding hydrogens is 429 g/mol. The van der Waals surface area contributed by atoms with E-state index in [0.717, 1.165) is 48.8 Å². The van der Waals surface area contributed by atoms with Gasteiger partial charge in [0, 0.05) is 50.8 Å². The predicted octanol–water partition coefficient (Wildman–Crippen LogP) is 4.11. The summed E-state index contributed by atoms with van der Waals surface area (Å²) in [4.78, 5) is 24.0. The first-order valence-electron chi connectivity index (χ1n) is 11.1. The minimum Gasteiger partial charge on any atom is -0.314 e. The summed E-state index contributed by atoms with van der Waals surface area (Å²) in [5, 5.41) is 0. The van der Waals surface area contributed by atoms with Gasteiger partial charge in [-0.15, -0.1) is 0 Å². The van der Waals surface area contributed by atoms with E-state index in [-0.39, 0.29) is 23.8 Å². The van der Waals surface area contributed by atoms with Crippen molar-refractivity contribution in [3.63, 3.8) is 0 Å². The van der Waals surface area contributed by atoms with E-state index < -0.39 is 5.92 Å². The Balaban J connectivity index is 1.37. The van der Waals surface area contributed by atoms with Crippen LogP contribution in [0.2, 0.25) is 0 Å². The molecule has 0 saturated carbocycles. The smallest absolute Gasteiger partial charge is 0.270 e. The number of hydrogen-bond acceptors (Lipinski definition) is 4. The molecular formula is C25H25F3N4O. The molecule has 8 heteroatoms. The number of benzene rings is 2. The van der Waals surface area contributed by atoms with Crippen LogP contribution in [0.1, 0.15) is 30.0 Å². The lowest BCUT2D eigenvalue weighted by molar-refractivity contribution is -0.125. The third-order valence-electron chi connectivity index (χ3n) is 6.38. The summed E-state index contributed by atoms with van der Waals surface area (Å²) in [7, 11) is 0. The van der Waals surface area contributed by atoms with E-state index in [1.807, 2.05) is 6.07 Å². The van der Waals surface area contributed by atoms with Gasteiger partial charge in [0.1, 0.15) is 5.82 Å². The van der Waals surface area contributed by atoms with Gasteiger partial charge in [0.05, 0.1) is 18.7 Å². The molecule has 2 aromatic carbocycles. The molecule has 0 spiro atoms. The maximum atomic E-state index is 13.6. The number of carbonyl (C=O) groups excluding carboxylic acids is 1. The van der Waals surface area contributed by atoms with Crippen LogP contribution in [0.5, 0.6) is 0 Å². The molecule has 5 nitrogen and oxygen atoms in total. The van der Waals surface area contributed by atoms with Crippen LogP contribution in [-0.2, 0) is 23.8 Å². The van der Waals surface area contributed by atoms with Crippen LogP contribution in [-0.4, -0.2) is 52.7 Å². The molecule has 2 aromatic rings. The fraction of sp³-hybridized carbons (Fsp3) is 0.360. The number of alkyl halides is 2. The second-order valence-electron chi connectivity index (χ2n) is 8.83. The van der Waals surface area contributed by atoms with Crippen molar-refractivity contribution < 1.29 is 18.0 Å². The highest BCUT2D eigenvalue weighted by Gasteiger charge is 2.41. The molecule has 3 aliphatic heterocycles. The summed E-state index contributed by atoms with van der Waals surface area (Å²) in [6.07, 6.45) is 0.726. The van der Waals surface area contributed by atoms with Crippen LogP contribution in [0.3, 0.4) is 0 Å². The summed E-state index contributed by atoms with van der Waals surface area (Å²) in [6.45, 7) is 4.30. The van der Waals surface area contributed by atoms with Gasteiger partial charge in [-0.05, 0) is 23.3 Å². The van der Waals surface area contributed by atoms with Crippen LogP contribution in [0, 0.1) is 5.82 Å². The van der Waals surface area contributed by atoms with Crippen LogP contribution in [0.4, 0.5) is 13.2 Å². The van der Waals surface area contributed by atoms with Crippen molar-refractivity contribution in [3.8, 4) is 0 Å². The first-order chi connectivity index (χ1) is 15.8. The minimum absolute atomic E-state index is 0.0543. The van der Waals surface area contributed by atoms with Crippen LogP contribution >= 0.6 is 0 Å². The maximum absolute atomic E-state index is 13.6. The van der Waals surface area contributed by atoms with Crippen molar-refractivity contribution in [3.05, 3.63) is 82.3 Å². The third-order valence-corrected chi connectivity index (χ3v) is 6.38. The number of halogens is 3. The molecule has 33 heavy (non-hydrogen) atoms. The highest BCUT2D eigenvalue weighted by molar-refractivity contribution is 6.09. The Morgan fingerprint density at radius 2 is 1.82 bits per heavy atom. The first kappa shape index (κ1) is 21.7. The van der Waals surface area contributed by atoms with E-state index >= 15 is 0 Å². The normalized spacial score (nSPS) is 19.0. The molecule has 0 atom stereocenters. The third kappa shape index (κ3) is 4.27. The summed E-state index contributed by atoms with van der Waals surface area (Å²) < 4.78 is 40.7. The number of rotatable bonds is 5. The standard InChI is InChI=1S/C25H25F3N4O/c1-25(27,28)19-7-5-17(6-8-19)15-32-23(33)21-16-30(14-18-3-2-4-20(26)13-18)11-9-22(21)31-12-10-29-24(31)32/h2-8,13H,9-12,14-16H2,1H3. The molecule has 172 valence electrons. The fourth-order valence-corrected chi connectivity index (χ4v) is 4.73. The zero-order chi connectivity index (χ0) is 23.2. The number of hydrogen-bond donors (Lipinski definition) is 0. The zero-order valence-electron chi connectivity index (χ0n) is 18.4. The van der Waals surface area contributed by atoms with E-state index in [1.54, 1.807) is 23.1 Å². The average Bonchev–Trinajstić information content (AvgIpc) is 3.26. The van der Waals surface area contributed by atoms with Gasteiger partial charge in [0.15, 0.2) is 0 Å². The highest BCUT2D eigenvalue weighted by atomic mass is 19.3. The Morgan fingerprint density at radius 1 is 1.03 bits per heavy atom. The van der Waals surface area contributed by atoms with Gasteiger partial charge in [-0.25, -0.2) is 13.2 Å². The van der Waals surface area contributed by atoms with Crippen molar-refractivity contribution >= 4 is 11.9 Å². The van der Waals surface area contributed by atoms with Crippen molar-refractivity contribution in [1.29, 1.82) is 0 Å². The highest BCUT2D eigenvalue weighted by Crippen LogP contribution is 2.33. The lowest BCUT2D eigenvalue weighted by Gasteiger charge is -2.42. The largest absolute Gasteiger partial charge is 0.314 e. The lowest BCUT2D eigenvalue weighted by Crippen LogP contribution is -2.53. The number of guanidine groups is 1. The molecule has 0 aromatic heterocycles. The lowest BCUT2D eigenvalue weighted by atomic mass is 9.99.